The van der Waals surface area contributed by atoms with Gasteiger partial charge in [-0.2, -0.15) is 0 Å². The van der Waals surface area contributed by atoms with Crippen molar-refractivity contribution in [2.45, 2.75) is 32.1 Å². The van der Waals surface area contributed by atoms with Crippen LogP contribution in [0.3, 0.4) is 0 Å². The number of aliphatic carboxylic acids is 1. The van der Waals surface area contributed by atoms with Crippen LogP contribution in [0.25, 0.3) is 0 Å². The highest BCUT2D eigenvalue weighted by molar-refractivity contribution is 5.69. The van der Waals surface area contributed by atoms with Gasteiger partial charge in [0.15, 0.2) is 0 Å². The molecule has 2 nitrogen and oxygen atoms in total. The summed E-state index contributed by atoms with van der Waals surface area (Å²) in [6, 6.07) is 8.40. The molecule has 0 aliphatic heterocycles. The minimum atomic E-state index is -0.681. The van der Waals surface area contributed by atoms with Crippen molar-refractivity contribution in [3.05, 3.63) is 35.4 Å². The van der Waals surface area contributed by atoms with Gasteiger partial charge in [-0.3, -0.25) is 4.79 Å². The number of carboxylic acid groups (broad SMARTS) is 1. The Kier molecular flexibility index (Phi) is 2.76. The second-order valence-corrected chi connectivity index (χ2v) is 4.41. The Labute approximate surface area is 89.9 Å². The number of hydrogen-bond donors (Lipinski definition) is 1. The molecule has 0 radical (unpaired) electrons. The summed E-state index contributed by atoms with van der Waals surface area (Å²) < 4.78 is 0. The van der Waals surface area contributed by atoms with E-state index < -0.39 is 5.97 Å². The summed E-state index contributed by atoms with van der Waals surface area (Å²) in [6.45, 7) is 1.79. The Balaban J connectivity index is 2.11. The Morgan fingerprint density at radius 1 is 1.53 bits per heavy atom. The van der Waals surface area contributed by atoms with Crippen molar-refractivity contribution >= 4 is 5.97 Å². The molecule has 1 aliphatic rings. The fourth-order valence-electron chi connectivity index (χ4n) is 2.42. The first-order valence-electron chi connectivity index (χ1n) is 5.49. The number of aryl methyl sites for hydroxylation is 1. The zero-order valence-corrected chi connectivity index (χ0v) is 8.94. The van der Waals surface area contributed by atoms with Gasteiger partial charge in [0.05, 0.1) is 5.92 Å². The predicted molar refractivity (Wildman–Crippen MR) is 58.9 cm³/mol. The molecule has 0 saturated heterocycles. The summed E-state index contributed by atoms with van der Waals surface area (Å²) in [5.74, 6) is -0.465. The first kappa shape index (κ1) is 10.2. The SMILES string of the molecule is CC(CC1CCc2ccccc21)C(=O)O. The van der Waals surface area contributed by atoms with E-state index >= 15 is 0 Å². The van der Waals surface area contributed by atoms with Crippen LogP contribution in [0.5, 0.6) is 0 Å². The van der Waals surface area contributed by atoms with Crippen molar-refractivity contribution in [3.8, 4) is 0 Å². The number of fused-ring (bicyclic) bond motifs is 1. The van der Waals surface area contributed by atoms with E-state index in [-0.39, 0.29) is 5.92 Å². The fourth-order valence-corrected chi connectivity index (χ4v) is 2.42. The Morgan fingerprint density at radius 2 is 2.27 bits per heavy atom. The number of benzene rings is 1. The maximum absolute atomic E-state index is 10.8. The average molecular weight is 204 g/mol. The summed E-state index contributed by atoms with van der Waals surface area (Å²) in [5.41, 5.74) is 2.77. The first-order valence-corrected chi connectivity index (χ1v) is 5.49. The summed E-state index contributed by atoms with van der Waals surface area (Å²) in [4.78, 5) is 10.8. The van der Waals surface area contributed by atoms with Crippen molar-refractivity contribution in [3.63, 3.8) is 0 Å². The third kappa shape index (κ3) is 2.04. The van der Waals surface area contributed by atoms with Crippen LogP contribution in [0.15, 0.2) is 24.3 Å². The molecule has 1 aromatic carbocycles. The largest absolute Gasteiger partial charge is 0.481 e. The highest BCUT2D eigenvalue weighted by Gasteiger charge is 2.25. The summed E-state index contributed by atoms with van der Waals surface area (Å²) >= 11 is 0. The fraction of sp³-hybridized carbons (Fsp3) is 0.462. The topological polar surface area (TPSA) is 37.3 Å². The smallest absolute Gasteiger partial charge is 0.306 e. The molecule has 2 heteroatoms. The molecule has 0 aromatic heterocycles. The monoisotopic (exact) mass is 204 g/mol. The van der Waals surface area contributed by atoms with E-state index in [1.165, 1.54) is 11.1 Å². The van der Waals surface area contributed by atoms with Crippen molar-refractivity contribution in [2.75, 3.05) is 0 Å². The van der Waals surface area contributed by atoms with E-state index in [0.717, 1.165) is 19.3 Å². The van der Waals surface area contributed by atoms with Gasteiger partial charge >= 0.3 is 5.97 Å². The lowest BCUT2D eigenvalue weighted by Gasteiger charge is -2.14. The van der Waals surface area contributed by atoms with Crippen molar-refractivity contribution < 1.29 is 9.90 Å². The molecule has 0 saturated carbocycles. The van der Waals surface area contributed by atoms with Gasteiger partial charge in [0.25, 0.3) is 0 Å². The first-order chi connectivity index (χ1) is 7.18. The third-order valence-electron chi connectivity index (χ3n) is 3.32. The molecule has 1 N–H and O–H groups in total. The molecule has 80 valence electrons. The number of carbonyl (C=O) groups is 1. The molecule has 0 heterocycles. The standard InChI is InChI=1S/C13H16O2/c1-9(13(14)15)8-11-7-6-10-4-2-3-5-12(10)11/h2-5,9,11H,6-8H2,1H3,(H,14,15). The highest BCUT2D eigenvalue weighted by Crippen LogP contribution is 2.37. The van der Waals surface area contributed by atoms with E-state index in [2.05, 4.69) is 18.2 Å². The molecule has 2 atom stereocenters. The van der Waals surface area contributed by atoms with E-state index in [1.807, 2.05) is 6.07 Å². The number of rotatable bonds is 3. The second-order valence-electron chi connectivity index (χ2n) is 4.41. The van der Waals surface area contributed by atoms with Gasteiger partial charge in [-0.15, -0.1) is 0 Å². The van der Waals surface area contributed by atoms with Crippen LogP contribution in [0.4, 0.5) is 0 Å². The predicted octanol–water partition coefficient (Wildman–Crippen LogP) is 2.83. The molecule has 0 spiro atoms. The minimum absolute atomic E-state index is 0.235. The Morgan fingerprint density at radius 3 is 3.00 bits per heavy atom. The summed E-state index contributed by atoms with van der Waals surface area (Å²) in [7, 11) is 0. The van der Waals surface area contributed by atoms with Gasteiger partial charge in [-0.05, 0) is 36.3 Å². The summed E-state index contributed by atoms with van der Waals surface area (Å²) in [6.07, 6.45) is 2.98. The molecule has 2 unspecified atom stereocenters. The maximum Gasteiger partial charge on any atom is 0.306 e. The molecule has 0 bridgehead atoms. The van der Waals surface area contributed by atoms with Gasteiger partial charge in [0, 0.05) is 0 Å². The quantitative estimate of drug-likeness (QED) is 0.822. The molecule has 0 amide bonds. The van der Waals surface area contributed by atoms with E-state index in [0.29, 0.717) is 5.92 Å². The number of carboxylic acids is 1. The van der Waals surface area contributed by atoms with Crippen molar-refractivity contribution in [1.29, 1.82) is 0 Å². The average Bonchev–Trinajstić information content (AvgIpc) is 2.62. The number of hydrogen-bond acceptors (Lipinski definition) is 1. The zero-order valence-electron chi connectivity index (χ0n) is 8.94. The molecule has 1 aliphatic carbocycles. The van der Waals surface area contributed by atoms with Crippen molar-refractivity contribution in [2.24, 2.45) is 5.92 Å². The molecular weight excluding hydrogens is 188 g/mol. The Hall–Kier alpha value is -1.31. The van der Waals surface area contributed by atoms with Crippen LogP contribution >= 0.6 is 0 Å². The molecule has 15 heavy (non-hydrogen) atoms. The lowest BCUT2D eigenvalue weighted by atomic mass is 9.91. The third-order valence-corrected chi connectivity index (χ3v) is 3.32. The van der Waals surface area contributed by atoms with Gasteiger partial charge in [-0.25, -0.2) is 0 Å². The lowest BCUT2D eigenvalue weighted by molar-refractivity contribution is -0.141. The van der Waals surface area contributed by atoms with E-state index in [4.69, 9.17) is 5.11 Å². The molecule has 0 fully saturated rings. The Bertz CT molecular complexity index is 371. The van der Waals surface area contributed by atoms with Crippen LogP contribution < -0.4 is 0 Å². The highest BCUT2D eigenvalue weighted by atomic mass is 16.4. The van der Waals surface area contributed by atoms with Crippen molar-refractivity contribution in [1.82, 2.24) is 0 Å². The minimum Gasteiger partial charge on any atom is -0.481 e. The van der Waals surface area contributed by atoms with Crippen LogP contribution in [0.1, 0.15) is 36.8 Å². The van der Waals surface area contributed by atoms with Crippen LogP contribution in [-0.4, -0.2) is 11.1 Å². The lowest BCUT2D eigenvalue weighted by Crippen LogP contribution is -2.12. The van der Waals surface area contributed by atoms with Gasteiger partial charge in [-0.1, -0.05) is 31.2 Å². The second kappa shape index (κ2) is 4.05. The normalized spacial score (nSPS) is 21.0. The molecule has 2 rings (SSSR count). The molecule has 1 aromatic rings. The van der Waals surface area contributed by atoms with Gasteiger partial charge < -0.3 is 5.11 Å². The van der Waals surface area contributed by atoms with Crippen LogP contribution in [0.2, 0.25) is 0 Å². The van der Waals surface area contributed by atoms with E-state index in [1.54, 1.807) is 6.92 Å². The van der Waals surface area contributed by atoms with Crippen LogP contribution in [-0.2, 0) is 11.2 Å². The summed E-state index contributed by atoms with van der Waals surface area (Å²) in [5, 5.41) is 8.89. The van der Waals surface area contributed by atoms with Gasteiger partial charge in [0.2, 0.25) is 0 Å². The molecular formula is C13H16O2. The van der Waals surface area contributed by atoms with Gasteiger partial charge in [0.1, 0.15) is 0 Å². The van der Waals surface area contributed by atoms with Crippen LogP contribution in [0, 0.1) is 5.92 Å². The zero-order chi connectivity index (χ0) is 10.8. The maximum atomic E-state index is 10.8. The van der Waals surface area contributed by atoms with E-state index in [9.17, 15) is 4.79 Å².